The van der Waals surface area contributed by atoms with Gasteiger partial charge < -0.3 is 4.90 Å². The molecule has 2 nitrogen and oxygen atoms in total. The Kier molecular flexibility index (Phi) is 3.00. The second kappa shape index (κ2) is 4.27. The first-order chi connectivity index (χ1) is 7.22. The Balaban J connectivity index is 2.49. The topological polar surface area (TPSA) is 20.3 Å². The third-order valence-electron chi connectivity index (χ3n) is 2.60. The van der Waals surface area contributed by atoms with Gasteiger partial charge >= 0.3 is 0 Å². The van der Waals surface area contributed by atoms with Crippen LogP contribution in [0.15, 0.2) is 23.1 Å². The normalized spacial score (nSPS) is 16.1. The lowest BCUT2D eigenvalue weighted by atomic mass is 10.2. The number of aryl methyl sites for hydroxylation is 1. The summed E-state index contributed by atoms with van der Waals surface area (Å²) in [5.74, 6) is 1.14. The fraction of sp³-hybridized carbons (Fsp3) is 0.417. The number of anilines is 1. The standard InChI is InChI=1S/C12H15NOS/c1-3-13-10-8-9(2)4-5-11(10)15-7-6-12(13)14/h4-5,8H,3,6-7H2,1-2H3. The molecule has 1 amide bonds. The molecule has 0 fully saturated rings. The van der Waals surface area contributed by atoms with Crippen molar-refractivity contribution in [3.05, 3.63) is 23.8 Å². The van der Waals surface area contributed by atoms with E-state index in [1.54, 1.807) is 11.8 Å². The molecule has 1 aliphatic rings. The van der Waals surface area contributed by atoms with Crippen LogP contribution in [0, 0.1) is 6.92 Å². The van der Waals surface area contributed by atoms with Gasteiger partial charge in [-0.1, -0.05) is 6.07 Å². The summed E-state index contributed by atoms with van der Waals surface area (Å²) in [5, 5.41) is 0. The summed E-state index contributed by atoms with van der Waals surface area (Å²) in [6.07, 6.45) is 0.645. The number of hydrogen-bond donors (Lipinski definition) is 0. The van der Waals surface area contributed by atoms with E-state index in [1.165, 1.54) is 10.5 Å². The molecule has 0 saturated heterocycles. The van der Waals surface area contributed by atoms with Crippen molar-refractivity contribution in [1.82, 2.24) is 0 Å². The number of amides is 1. The summed E-state index contributed by atoms with van der Waals surface area (Å²) >= 11 is 1.78. The Bertz CT molecular complexity index is 389. The van der Waals surface area contributed by atoms with Gasteiger partial charge in [0.05, 0.1) is 5.69 Å². The first-order valence-corrected chi connectivity index (χ1v) is 6.24. The second-order valence-electron chi connectivity index (χ2n) is 3.71. The molecule has 0 aliphatic carbocycles. The fourth-order valence-corrected chi connectivity index (χ4v) is 2.80. The second-order valence-corrected chi connectivity index (χ2v) is 4.84. The number of nitrogens with zero attached hydrogens (tertiary/aromatic N) is 1. The van der Waals surface area contributed by atoms with Crippen molar-refractivity contribution in [3.63, 3.8) is 0 Å². The zero-order chi connectivity index (χ0) is 10.8. The first-order valence-electron chi connectivity index (χ1n) is 5.26. The van der Waals surface area contributed by atoms with Crippen LogP contribution < -0.4 is 4.90 Å². The number of thioether (sulfide) groups is 1. The summed E-state index contributed by atoms with van der Waals surface area (Å²) in [7, 11) is 0. The van der Waals surface area contributed by atoms with Crippen molar-refractivity contribution >= 4 is 23.4 Å². The van der Waals surface area contributed by atoms with E-state index >= 15 is 0 Å². The van der Waals surface area contributed by atoms with Gasteiger partial charge in [-0.25, -0.2) is 0 Å². The van der Waals surface area contributed by atoms with Gasteiger partial charge in [0.1, 0.15) is 0 Å². The Labute approximate surface area is 94.7 Å². The zero-order valence-electron chi connectivity index (χ0n) is 9.12. The quantitative estimate of drug-likeness (QED) is 0.726. The van der Waals surface area contributed by atoms with E-state index in [4.69, 9.17) is 0 Å². The average molecular weight is 221 g/mol. The third-order valence-corrected chi connectivity index (χ3v) is 3.66. The van der Waals surface area contributed by atoms with Crippen molar-refractivity contribution < 1.29 is 4.79 Å². The molecule has 0 saturated carbocycles. The van der Waals surface area contributed by atoms with Crippen LogP contribution in [0.2, 0.25) is 0 Å². The van der Waals surface area contributed by atoms with Crippen LogP contribution in [0.1, 0.15) is 18.9 Å². The Morgan fingerprint density at radius 3 is 3.00 bits per heavy atom. The Hall–Kier alpha value is -0.960. The highest BCUT2D eigenvalue weighted by molar-refractivity contribution is 7.99. The van der Waals surface area contributed by atoms with Gasteiger partial charge in [-0.3, -0.25) is 4.79 Å². The number of benzene rings is 1. The van der Waals surface area contributed by atoms with Gasteiger partial charge in [0.2, 0.25) is 5.91 Å². The van der Waals surface area contributed by atoms with Crippen LogP contribution in [0.4, 0.5) is 5.69 Å². The minimum absolute atomic E-state index is 0.245. The van der Waals surface area contributed by atoms with Crippen LogP contribution >= 0.6 is 11.8 Å². The van der Waals surface area contributed by atoms with Gasteiger partial charge in [0, 0.05) is 23.6 Å². The summed E-state index contributed by atoms with van der Waals surface area (Å²) in [6, 6.07) is 6.33. The highest BCUT2D eigenvalue weighted by Crippen LogP contribution is 2.34. The fourth-order valence-electron chi connectivity index (χ4n) is 1.82. The number of rotatable bonds is 1. The largest absolute Gasteiger partial charge is 0.312 e. The lowest BCUT2D eigenvalue weighted by Gasteiger charge is -2.21. The van der Waals surface area contributed by atoms with E-state index in [2.05, 4.69) is 25.1 Å². The molecule has 1 aromatic carbocycles. The number of fused-ring (bicyclic) bond motifs is 1. The highest BCUT2D eigenvalue weighted by atomic mass is 32.2. The molecule has 0 aromatic heterocycles. The molecule has 0 spiro atoms. The number of hydrogen-bond acceptors (Lipinski definition) is 2. The van der Waals surface area contributed by atoms with E-state index in [0.717, 1.165) is 18.0 Å². The Morgan fingerprint density at radius 2 is 2.27 bits per heavy atom. The molecule has 2 rings (SSSR count). The van der Waals surface area contributed by atoms with Crippen LogP contribution in [0.5, 0.6) is 0 Å². The molecule has 0 N–H and O–H groups in total. The van der Waals surface area contributed by atoms with E-state index in [1.807, 2.05) is 11.8 Å². The van der Waals surface area contributed by atoms with Crippen molar-refractivity contribution in [2.45, 2.75) is 25.2 Å². The van der Waals surface area contributed by atoms with Crippen molar-refractivity contribution in [1.29, 1.82) is 0 Å². The first kappa shape index (κ1) is 10.6. The molecular weight excluding hydrogens is 206 g/mol. The molecule has 1 aliphatic heterocycles. The summed E-state index contributed by atoms with van der Waals surface area (Å²) in [5.41, 5.74) is 2.30. The summed E-state index contributed by atoms with van der Waals surface area (Å²) < 4.78 is 0. The van der Waals surface area contributed by atoms with Crippen LogP contribution in [0.25, 0.3) is 0 Å². The lowest BCUT2D eigenvalue weighted by molar-refractivity contribution is -0.118. The number of carbonyl (C=O) groups is 1. The van der Waals surface area contributed by atoms with Crippen LogP contribution in [-0.2, 0) is 4.79 Å². The van der Waals surface area contributed by atoms with Gasteiger partial charge in [-0.2, -0.15) is 0 Å². The molecule has 15 heavy (non-hydrogen) atoms. The predicted octanol–water partition coefficient (Wildman–Crippen LogP) is 2.84. The van der Waals surface area contributed by atoms with E-state index in [0.29, 0.717) is 6.42 Å². The average Bonchev–Trinajstić information content (AvgIpc) is 2.36. The molecule has 1 heterocycles. The molecule has 0 atom stereocenters. The number of carbonyl (C=O) groups excluding carboxylic acids is 1. The molecular formula is C12H15NOS. The van der Waals surface area contributed by atoms with Crippen molar-refractivity contribution in [2.75, 3.05) is 17.2 Å². The van der Waals surface area contributed by atoms with Crippen molar-refractivity contribution in [2.24, 2.45) is 0 Å². The molecule has 0 radical (unpaired) electrons. The van der Waals surface area contributed by atoms with E-state index < -0.39 is 0 Å². The molecule has 1 aromatic rings. The zero-order valence-corrected chi connectivity index (χ0v) is 9.93. The van der Waals surface area contributed by atoms with Crippen LogP contribution in [-0.4, -0.2) is 18.2 Å². The van der Waals surface area contributed by atoms with Crippen molar-refractivity contribution in [3.8, 4) is 0 Å². The van der Waals surface area contributed by atoms with Crippen LogP contribution in [0.3, 0.4) is 0 Å². The Morgan fingerprint density at radius 1 is 1.47 bits per heavy atom. The lowest BCUT2D eigenvalue weighted by Crippen LogP contribution is -2.30. The van der Waals surface area contributed by atoms with Gasteiger partial charge in [-0.15, -0.1) is 11.8 Å². The maximum Gasteiger partial charge on any atom is 0.227 e. The monoisotopic (exact) mass is 221 g/mol. The maximum absolute atomic E-state index is 11.8. The van der Waals surface area contributed by atoms with E-state index in [9.17, 15) is 4.79 Å². The summed E-state index contributed by atoms with van der Waals surface area (Å²) in [4.78, 5) is 15.0. The molecule has 3 heteroatoms. The van der Waals surface area contributed by atoms with Gasteiger partial charge in [0.25, 0.3) is 0 Å². The SMILES string of the molecule is CCN1C(=O)CCSc2ccc(C)cc21. The van der Waals surface area contributed by atoms with Gasteiger partial charge in [-0.05, 0) is 31.5 Å². The molecule has 0 unspecified atom stereocenters. The maximum atomic E-state index is 11.8. The predicted molar refractivity (Wildman–Crippen MR) is 64.5 cm³/mol. The molecule has 0 bridgehead atoms. The smallest absolute Gasteiger partial charge is 0.227 e. The minimum Gasteiger partial charge on any atom is -0.312 e. The molecule has 80 valence electrons. The third kappa shape index (κ3) is 2.02. The van der Waals surface area contributed by atoms with Gasteiger partial charge in [0.15, 0.2) is 0 Å². The van der Waals surface area contributed by atoms with E-state index in [-0.39, 0.29) is 5.91 Å². The minimum atomic E-state index is 0.245. The highest BCUT2D eigenvalue weighted by Gasteiger charge is 2.20. The summed E-state index contributed by atoms with van der Waals surface area (Å²) in [6.45, 7) is 4.85.